The molecule has 0 aliphatic carbocycles. The van der Waals surface area contributed by atoms with Crippen LogP contribution in [0.5, 0.6) is 0 Å². The smallest absolute Gasteiger partial charge is 0.308 e. The minimum Gasteiger partial charge on any atom is -0.462 e. The number of amides is 1. The van der Waals surface area contributed by atoms with Gasteiger partial charge in [0.1, 0.15) is 12.2 Å². The van der Waals surface area contributed by atoms with Gasteiger partial charge in [0.05, 0.1) is 85.5 Å². The molecule has 2 bridgehead atoms. The number of nitrogens with two attached hydrogens (primary N) is 1. The number of carbonyl (C=O) groups is 2. The quantitative estimate of drug-likeness (QED) is 0.174. The van der Waals surface area contributed by atoms with Crippen molar-refractivity contribution >= 4 is 11.9 Å². The van der Waals surface area contributed by atoms with Gasteiger partial charge in [-0.1, -0.05) is 98.9 Å². The van der Waals surface area contributed by atoms with Crippen molar-refractivity contribution in [2.75, 3.05) is 13.2 Å². The van der Waals surface area contributed by atoms with Crippen molar-refractivity contribution in [3.63, 3.8) is 0 Å². The number of aliphatic hydroxyl groups excluding tert-OH is 9. The van der Waals surface area contributed by atoms with Gasteiger partial charge in [0.15, 0.2) is 12.1 Å². The number of cyclic esters (lactones) is 1. The summed E-state index contributed by atoms with van der Waals surface area (Å²) in [7, 11) is 0. The minimum absolute atomic E-state index is 0.0925. The van der Waals surface area contributed by atoms with E-state index in [2.05, 4.69) is 5.32 Å². The molecule has 0 spiro atoms. The summed E-state index contributed by atoms with van der Waals surface area (Å²) in [5, 5.41) is 113. The lowest BCUT2D eigenvalue weighted by Crippen LogP contribution is -2.62. The average Bonchev–Trinajstić information content (AvgIpc) is 3.30. The number of rotatable bonds is 4. The molecule has 4 aliphatic heterocycles. The van der Waals surface area contributed by atoms with Crippen molar-refractivity contribution in [3.05, 3.63) is 85.1 Å². The summed E-state index contributed by atoms with van der Waals surface area (Å²) in [4.78, 5) is 26.7. The summed E-state index contributed by atoms with van der Waals surface area (Å²) in [6, 6.07) is -1.39. The van der Waals surface area contributed by atoms with Crippen LogP contribution in [0.2, 0.25) is 0 Å². The van der Waals surface area contributed by atoms with Crippen LogP contribution in [-0.2, 0) is 33.3 Å². The number of carbonyl (C=O) groups excluding carboxylic acids is 2. The van der Waals surface area contributed by atoms with Crippen molar-refractivity contribution in [1.29, 1.82) is 0 Å². The third-order valence-electron chi connectivity index (χ3n) is 13.6. The second-order valence-corrected chi connectivity index (χ2v) is 19.6. The third-order valence-corrected chi connectivity index (χ3v) is 13.6. The van der Waals surface area contributed by atoms with Crippen molar-refractivity contribution in [1.82, 2.24) is 5.32 Å². The second kappa shape index (κ2) is 30.0. The van der Waals surface area contributed by atoms with Gasteiger partial charge in [-0.2, -0.15) is 0 Å². The Balaban J connectivity index is 1.60. The summed E-state index contributed by atoms with van der Waals surface area (Å²) < 4.78 is 29.3. The zero-order valence-electron chi connectivity index (χ0n) is 41.4. The largest absolute Gasteiger partial charge is 0.462 e. The van der Waals surface area contributed by atoms with E-state index in [1.807, 2.05) is 49.5 Å². The lowest BCUT2D eigenvalue weighted by atomic mass is 9.82. The van der Waals surface area contributed by atoms with Gasteiger partial charge in [-0.3, -0.25) is 9.59 Å². The maximum Gasteiger partial charge on any atom is 0.308 e. The molecular weight excluding hydrogens is 925 g/mol. The van der Waals surface area contributed by atoms with Gasteiger partial charge in [-0.15, -0.1) is 0 Å². The Morgan fingerprint density at radius 2 is 1.25 bits per heavy atom. The van der Waals surface area contributed by atoms with Crippen molar-refractivity contribution < 1.29 is 84.3 Å². The first kappa shape index (κ1) is 60.1. The Bertz CT molecular complexity index is 1820. The number of ether oxygens (including phenoxy) is 5. The first-order valence-electron chi connectivity index (χ1n) is 25.0. The highest BCUT2D eigenvalue weighted by Gasteiger charge is 2.51. The summed E-state index contributed by atoms with van der Waals surface area (Å²) in [5.41, 5.74) is 6.12. The first-order chi connectivity index (χ1) is 33.7. The fraction of sp³-hybridized carbons (Fsp3) is 0.692. The molecule has 71 heavy (non-hydrogen) atoms. The van der Waals surface area contributed by atoms with E-state index in [1.54, 1.807) is 63.3 Å². The maximum absolute atomic E-state index is 14.0. The molecular formula is C52H82N2O17. The maximum atomic E-state index is 14.0. The molecule has 1 amide bonds. The molecule has 4 rings (SSSR count). The van der Waals surface area contributed by atoms with Crippen LogP contribution in [0.15, 0.2) is 85.1 Å². The molecule has 3 fully saturated rings. The molecule has 0 aromatic heterocycles. The van der Waals surface area contributed by atoms with Gasteiger partial charge in [0.2, 0.25) is 5.91 Å². The Hall–Kier alpha value is -3.48. The fourth-order valence-electron chi connectivity index (χ4n) is 9.13. The molecule has 19 nitrogen and oxygen atoms in total. The molecule has 10 unspecified atom stereocenters. The van der Waals surface area contributed by atoms with Gasteiger partial charge in [-0.05, 0) is 46.0 Å². The number of hydrogen-bond acceptors (Lipinski definition) is 18. The number of aliphatic hydroxyl groups is 10. The van der Waals surface area contributed by atoms with E-state index in [-0.39, 0.29) is 37.6 Å². The highest BCUT2D eigenvalue weighted by molar-refractivity contribution is 5.80. The summed E-state index contributed by atoms with van der Waals surface area (Å²) >= 11 is 0. The number of fused-ring (bicyclic) bond motifs is 2. The topological polar surface area (TPSA) is 321 Å². The van der Waals surface area contributed by atoms with Crippen LogP contribution in [0, 0.1) is 17.8 Å². The normalized spacial score (nSPS) is 44.2. The summed E-state index contributed by atoms with van der Waals surface area (Å²) in [5.74, 6) is -5.54. The Morgan fingerprint density at radius 3 is 1.87 bits per heavy atom. The zero-order valence-corrected chi connectivity index (χ0v) is 41.4. The molecule has 4 heterocycles. The van der Waals surface area contributed by atoms with Crippen LogP contribution in [0.1, 0.15) is 91.9 Å². The van der Waals surface area contributed by atoms with Crippen LogP contribution in [0.25, 0.3) is 0 Å². The molecule has 13 N–H and O–H groups in total. The Morgan fingerprint density at radius 1 is 0.662 bits per heavy atom. The predicted molar refractivity (Wildman–Crippen MR) is 261 cm³/mol. The molecule has 0 radical (unpaired) electrons. The third kappa shape index (κ3) is 20.1. The van der Waals surface area contributed by atoms with Gasteiger partial charge < -0.3 is 85.8 Å². The minimum atomic E-state index is -2.27. The van der Waals surface area contributed by atoms with E-state index >= 15 is 0 Å². The van der Waals surface area contributed by atoms with E-state index in [0.29, 0.717) is 26.1 Å². The van der Waals surface area contributed by atoms with E-state index in [1.165, 1.54) is 0 Å². The van der Waals surface area contributed by atoms with Crippen LogP contribution in [0.4, 0.5) is 0 Å². The molecule has 19 heteroatoms. The van der Waals surface area contributed by atoms with Crippen molar-refractivity contribution in [3.8, 4) is 0 Å². The van der Waals surface area contributed by atoms with Crippen LogP contribution in [0.3, 0.4) is 0 Å². The van der Waals surface area contributed by atoms with Gasteiger partial charge in [-0.25, -0.2) is 0 Å². The number of nitrogens with one attached hydrogen (secondary N) is 1. The molecule has 402 valence electrons. The summed E-state index contributed by atoms with van der Waals surface area (Å²) in [6.07, 6.45) is 5.97. The Kier molecular flexibility index (Phi) is 25.4. The average molecular weight is 1010 g/mol. The van der Waals surface area contributed by atoms with E-state index in [0.717, 1.165) is 0 Å². The highest BCUT2D eigenvalue weighted by Crippen LogP contribution is 2.38. The first-order valence-corrected chi connectivity index (χ1v) is 25.0. The molecule has 19 atom stereocenters. The number of esters is 1. The van der Waals surface area contributed by atoms with Crippen molar-refractivity contribution in [2.45, 2.75) is 195 Å². The molecule has 0 aromatic rings. The molecule has 0 aromatic carbocycles. The number of allylic oxidation sites excluding steroid dienone is 12. The lowest BCUT2D eigenvalue weighted by molar-refractivity contribution is -0.307. The second-order valence-electron chi connectivity index (χ2n) is 19.6. The van der Waals surface area contributed by atoms with Crippen LogP contribution in [-0.4, -0.2) is 180 Å². The fourth-order valence-corrected chi connectivity index (χ4v) is 9.13. The van der Waals surface area contributed by atoms with E-state index in [4.69, 9.17) is 29.4 Å². The van der Waals surface area contributed by atoms with Crippen LogP contribution < -0.4 is 11.1 Å². The molecule has 0 saturated carbocycles. The molecule has 3 saturated heterocycles. The Labute approximate surface area is 417 Å². The van der Waals surface area contributed by atoms with E-state index < -0.39 is 147 Å². The van der Waals surface area contributed by atoms with E-state index in [9.17, 15) is 60.7 Å². The number of hydrogen-bond donors (Lipinski definition) is 12. The molecule has 4 aliphatic rings. The van der Waals surface area contributed by atoms with Gasteiger partial charge in [0, 0.05) is 56.8 Å². The standard InChI is InChI=1S/C52H82N2O17/c1-31-17-15-13-11-9-7-5-6-8-10-12-14-16-18-39(70-51-49(64)46(53)48(63)34(4)69-51)28-43-45(50(65)54-35-21-23-67-24-22-35)42(60)30-52(66,71-43)29-38(57)26-41(59)40(58)20-19-36(55)25-37(56)27-44(61)68-33(3)32(2)47(31)62/h5-18,31-43,45-49,51,55-60,62-64,66H,19-30,53H2,1-4H3,(H,54,65)/b6-5+,9-7+,10-8+,13-11+,14-12+,17-15+,18-16+/t31-,32-,33-,34+,36?,37?,38?,39?,40?,41?,42-,43-,45?,46-,47?,48?,49-,51-,52?/m0/s1. The monoisotopic (exact) mass is 1010 g/mol. The summed E-state index contributed by atoms with van der Waals surface area (Å²) in [6.45, 7) is 7.66. The predicted octanol–water partition coefficient (Wildman–Crippen LogP) is 0.922. The van der Waals surface area contributed by atoms with Crippen LogP contribution >= 0.6 is 0 Å². The SMILES string of the molecule is C[C@@H]1OC(=O)CC(O)CC(O)CCC(O)C(O)CC(O)CC2(O)C[C@H](O)C(C(=O)NC3CCOCC3)[C@H](CC(O[C@@H]3O[C@H](C)C(O)[C@H](N)[C@@H]3O)/C=C/C=C/C=C/C=C/C=C/C=C/C=C/[C@H](C)C(O)[C@H]1C)O2. The van der Waals surface area contributed by atoms with Gasteiger partial charge in [0.25, 0.3) is 0 Å². The lowest BCUT2D eigenvalue weighted by Gasteiger charge is -2.46. The zero-order chi connectivity index (χ0) is 52.3. The van der Waals surface area contributed by atoms with Crippen molar-refractivity contribution in [2.24, 2.45) is 23.5 Å². The highest BCUT2D eigenvalue weighted by atomic mass is 16.7. The van der Waals surface area contributed by atoms with Gasteiger partial charge >= 0.3 is 5.97 Å².